The van der Waals surface area contributed by atoms with Gasteiger partial charge in [0.1, 0.15) is 0 Å². The second-order valence-corrected chi connectivity index (χ2v) is 8.57. The smallest absolute Gasteiger partial charge is 0.269 e. The summed E-state index contributed by atoms with van der Waals surface area (Å²) in [5.74, 6) is 0. The lowest BCUT2D eigenvalue weighted by molar-refractivity contribution is -0.384. The van der Waals surface area contributed by atoms with Crippen LogP contribution in [0.1, 0.15) is 43.1 Å². The first kappa shape index (κ1) is 20.1. The molecule has 1 aliphatic heterocycles. The Labute approximate surface area is 176 Å². The van der Waals surface area contributed by atoms with E-state index in [1.165, 1.54) is 37.1 Å². The van der Waals surface area contributed by atoms with Gasteiger partial charge in [-0.15, -0.1) is 0 Å². The molecule has 0 radical (unpaired) electrons. The van der Waals surface area contributed by atoms with Crippen LogP contribution in [0.3, 0.4) is 0 Å². The van der Waals surface area contributed by atoms with E-state index in [9.17, 15) is 10.1 Å². The van der Waals surface area contributed by atoms with Crippen molar-refractivity contribution in [1.29, 1.82) is 0 Å². The van der Waals surface area contributed by atoms with Crippen LogP contribution in [0.4, 0.5) is 11.4 Å². The quantitative estimate of drug-likeness (QED) is 0.410. The molecule has 2 fully saturated rings. The maximum absolute atomic E-state index is 10.8. The summed E-state index contributed by atoms with van der Waals surface area (Å²) in [6.45, 7) is 8.94. The van der Waals surface area contributed by atoms with Crippen molar-refractivity contribution in [1.82, 2.24) is 14.0 Å². The summed E-state index contributed by atoms with van der Waals surface area (Å²) in [6, 6.07) is 7.43. The highest BCUT2D eigenvalue weighted by Gasteiger charge is 2.24. The van der Waals surface area contributed by atoms with E-state index in [1.807, 2.05) is 12.1 Å². The second kappa shape index (κ2) is 8.28. The number of imidazole rings is 1. The first-order chi connectivity index (χ1) is 14.0. The molecule has 0 N–H and O–H groups in total. The fraction of sp³-hybridized carbons (Fsp3) is 0.571. The number of benzene rings is 1. The van der Waals surface area contributed by atoms with Crippen LogP contribution in [0.5, 0.6) is 0 Å². The number of hydrogen-bond donors (Lipinski definition) is 0. The molecule has 8 heteroatoms. The molecule has 1 aromatic heterocycles. The molecule has 0 amide bonds. The Morgan fingerprint density at radius 3 is 2.24 bits per heavy atom. The fourth-order valence-corrected chi connectivity index (χ4v) is 5.16. The zero-order valence-electron chi connectivity index (χ0n) is 17.2. The van der Waals surface area contributed by atoms with E-state index < -0.39 is 0 Å². The highest BCUT2D eigenvalue weighted by atomic mass is 32.1. The minimum atomic E-state index is -0.354. The van der Waals surface area contributed by atoms with Gasteiger partial charge in [-0.1, -0.05) is 12.8 Å². The maximum atomic E-state index is 10.8. The number of anilines is 1. The lowest BCUT2D eigenvalue weighted by Crippen LogP contribution is -2.46. The van der Waals surface area contributed by atoms with Gasteiger partial charge in [0.15, 0.2) is 4.77 Å². The van der Waals surface area contributed by atoms with Crippen molar-refractivity contribution in [3.63, 3.8) is 0 Å². The number of non-ortho nitro benzene ring substituents is 1. The van der Waals surface area contributed by atoms with E-state index in [0.29, 0.717) is 6.04 Å². The number of nitro groups is 1. The number of rotatable bonds is 5. The molecule has 156 valence electrons. The number of piperazine rings is 1. The molecule has 4 rings (SSSR count). The molecule has 7 nitrogen and oxygen atoms in total. The van der Waals surface area contributed by atoms with Gasteiger partial charge in [0, 0.05) is 61.4 Å². The van der Waals surface area contributed by atoms with Gasteiger partial charge in [-0.2, -0.15) is 0 Å². The summed E-state index contributed by atoms with van der Waals surface area (Å²) in [5, 5.41) is 10.8. The van der Waals surface area contributed by atoms with E-state index >= 15 is 0 Å². The summed E-state index contributed by atoms with van der Waals surface area (Å²) < 4.78 is 5.65. The van der Waals surface area contributed by atoms with Gasteiger partial charge in [0.05, 0.1) is 11.6 Å². The largest absolute Gasteiger partial charge is 0.369 e. The third kappa shape index (κ3) is 3.96. The molecule has 0 bridgehead atoms. The third-order valence-electron chi connectivity index (χ3n) is 6.56. The Kier molecular flexibility index (Phi) is 5.74. The highest BCUT2D eigenvalue weighted by Crippen LogP contribution is 2.32. The average molecular weight is 416 g/mol. The first-order valence-corrected chi connectivity index (χ1v) is 10.9. The van der Waals surface area contributed by atoms with Crippen LogP contribution in [0.15, 0.2) is 24.3 Å². The van der Waals surface area contributed by atoms with Crippen LogP contribution >= 0.6 is 12.2 Å². The van der Waals surface area contributed by atoms with E-state index in [2.05, 4.69) is 32.8 Å². The molecule has 2 aliphatic rings. The predicted octanol–water partition coefficient (Wildman–Crippen LogP) is 4.44. The van der Waals surface area contributed by atoms with Crippen molar-refractivity contribution in [3.8, 4) is 0 Å². The second-order valence-electron chi connectivity index (χ2n) is 8.21. The summed E-state index contributed by atoms with van der Waals surface area (Å²) in [5.41, 5.74) is 3.77. The van der Waals surface area contributed by atoms with Gasteiger partial charge < -0.3 is 14.0 Å². The fourth-order valence-electron chi connectivity index (χ4n) is 4.68. The van der Waals surface area contributed by atoms with Gasteiger partial charge in [-0.3, -0.25) is 15.0 Å². The van der Waals surface area contributed by atoms with Crippen molar-refractivity contribution in [3.05, 3.63) is 50.5 Å². The molecule has 1 saturated heterocycles. The first-order valence-electron chi connectivity index (χ1n) is 10.5. The Bertz CT molecular complexity index is 935. The SMILES string of the molecule is Cc1c(C)n(C2CCCC2)c(=S)n1CN1CCN(c2ccc([N+](=O)[O-])cc2)CC1. The molecule has 29 heavy (non-hydrogen) atoms. The van der Waals surface area contributed by atoms with Crippen molar-refractivity contribution >= 4 is 23.6 Å². The monoisotopic (exact) mass is 415 g/mol. The van der Waals surface area contributed by atoms with Crippen molar-refractivity contribution < 1.29 is 4.92 Å². The van der Waals surface area contributed by atoms with Gasteiger partial charge in [0.2, 0.25) is 0 Å². The summed E-state index contributed by atoms with van der Waals surface area (Å²) in [7, 11) is 0. The molecule has 0 spiro atoms. The van der Waals surface area contributed by atoms with Crippen LogP contribution < -0.4 is 4.90 Å². The highest BCUT2D eigenvalue weighted by molar-refractivity contribution is 7.71. The number of nitrogens with zero attached hydrogens (tertiary/aromatic N) is 5. The molecule has 1 aromatic carbocycles. The van der Waals surface area contributed by atoms with Crippen LogP contribution in [-0.2, 0) is 6.67 Å². The number of nitro benzene ring substituents is 1. The molecular formula is C21H29N5O2S. The predicted molar refractivity (Wildman–Crippen MR) is 117 cm³/mol. The minimum Gasteiger partial charge on any atom is -0.369 e. The van der Waals surface area contributed by atoms with Gasteiger partial charge in [-0.25, -0.2) is 0 Å². The van der Waals surface area contributed by atoms with Gasteiger partial charge >= 0.3 is 0 Å². The van der Waals surface area contributed by atoms with E-state index in [4.69, 9.17) is 12.2 Å². The molecule has 2 aromatic rings. The number of hydrogen-bond acceptors (Lipinski definition) is 5. The van der Waals surface area contributed by atoms with E-state index in [0.717, 1.165) is 43.3 Å². The lowest BCUT2D eigenvalue weighted by atomic mass is 10.2. The minimum absolute atomic E-state index is 0.138. The normalized spacial score (nSPS) is 18.5. The summed E-state index contributed by atoms with van der Waals surface area (Å²) in [6.07, 6.45) is 5.10. The Hall–Kier alpha value is -2.19. The summed E-state index contributed by atoms with van der Waals surface area (Å²) >= 11 is 5.87. The van der Waals surface area contributed by atoms with Gasteiger partial charge in [0.25, 0.3) is 5.69 Å². The Morgan fingerprint density at radius 1 is 1.03 bits per heavy atom. The zero-order chi connectivity index (χ0) is 20.5. The zero-order valence-corrected chi connectivity index (χ0v) is 18.0. The molecule has 0 unspecified atom stereocenters. The lowest BCUT2D eigenvalue weighted by Gasteiger charge is -2.36. The van der Waals surface area contributed by atoms with E-state index in [-0.39, 0.29) is 10.6 Å². The van der Waals surface area contributed by atoms with Crippen LogP contribution in [0.25, 0.3) is 0 Å². The third-order valence-corrected chi connectivity index (χ3v) is 6.97. The molecule has 0 atom stereocenters. The molecular weight excluding hydrogens is 386 g/mol. The Balaban J connectivity index is 1.42. The summed E-state index contributed by atoms with van der Waals surface area (Å²) in [4.78, 5) is 15.2. The number of aromatic nitrogens is 2. The molecule has 2 heterocycles. The van der Waals surface area contributed by atoms with Crippen molar-refractivity contribution in [2.24, 2.45) is 0 Å². The van der Waals surface area contributed by atoms with E-state index in [1.54, 1.807) is 12.1 Å². The molecule has 1 aliphatic carbocycles. The standard InChI is InChI=1S/C21H29N5O2S/c1-16-17(2)25(19-5-3-4-6-19)21(29)24(16)15-22-11-13-23(14-12-22)18-7-9-20(10-8-18)26(27)28/h7-10,19H,3-6,11-15H2,1-2H3. The van der Waals surface area contributed by atoms with Crippen molar-refractivity contribution in [2.45, 2.75) is 52.2 Å². The maximum Gasteiger partial charge on any atom is 0.269 e. The van der Waals surface area contributed by atoms with Crippen LogP contribution in [0.2, 0.25) is 0 Å². The molecule has 1 saturated carbocycles. The van der Waals surface area contributed by atoms with Gasteiger partial charge in [-0.05, 0) is 51.0 Å². The average Bonchev–Trinajstić information content (AvgIpc) is 3.32. The van der Waals surface area contributed by atoms with Crippen molar-refractivity contribution in [2.75, 3.05) is 31.1 Å². The topological polar surface area (TPSA) is 59.5 Å². The van der Waals surface area contributed by atoms with Crippen LogP contribution in [-0.4, -0.2) is 45.1 Å². The Morgan fingerprint density at radius 2 is 1.66 bits per heavy atom. The van der Waals surface area contributed by atoms with Crippen LogP contribution in [0, 0.1) is 28.7 Å².